The molecule has 2 nitrogen and oxygen atoms in total. The zero-order chi connectivity index (χ0) is 12.2. The molecule has 0 saturated heterocycles. The minimum absolute atomic E-state index is 0.156. The highest BCUT2D eigenvalue weighted by molar-refractivity contribution is 5.57. The Kier molecular flexibility index (Phi) is 3.82. The van der Waals surface area contributed by atoms with Gasteiger partial charge >= 0.3 is 6.18 Å². The summed E-state index contributed by atoms with van der Waals surface area (Å²) in [7, 11) is 2.77. The molecule has 0 fully saturated rings. The molecule has 0 heterocycles. The normalized spacial score (nSPS) is 11.8. The fourth-order valence-corrected chi connectivity index (χ4v) is 1.17. The van der Waals surface area contributed by atoms with E-state index in [9.17, 15) is 13.2 Å². The second kappa shape index (κ2) is 4.92. The van der Waals surface area contributed by atoms with Crippen molar-refractivity contribution in [2.24, 2.45) is 0 Å². The van der Waals surface area contributed by atoms with Gasteiger partial charge < -0.3 is 9.47 Å². The molecule has 0 aliphatic rings. The third kappa shape index (κ3) is 2.92. The first-order valence-electron chi connectivity index (χ1n) is 4.43. The predicted octanol–water partition coefficient (Wildman–Crippen LogP) is 3.33. The second-order valence-electron chi connectivity index (χ2n) is 2.99. The van der Waals surface area contributed by atoms with Crippen LogP contribution < -0.4 is 4.74 Å². The van der Waals surface area contributed by atoms with Crippen molar-refractivity contribution in [1.82, 2.24) is 0 Å². The summed E-state index contributed by atoms with van der Waals surface area (Å²) in [6.07, 6.45) is -1.47. The second-order valence-corrected chi connectivity index (χ2v) is 2.99. The molecule has 88 valence electrons. The van der Waals surface area contributed by atoms with Crippen LogP contribution in [-0.2, 0) is 10.9 Å². The largest absolute Gasteiger partial charge is 0.504 e. The first-order chi connectivity index (χ1) is 7.49. The van der Waals surface area contributed by atoms with E-state index in [0.29, 0.717) is 5.56 Å². The van der Waals surface area contributed by atoms with E-state index >= 15 is 0 Å². The lowest BCUT2D eigenvalue weighted by Crippen LogP contribution is -2.05. The summed E-state index contributed by atoms with van der Waals surface area (Å²) in [4.78, 5) is 0. The Morgan fingerprint density at radius 3 is 2.38 bits per heavy atom. The van der Waals surface area contributed by atoms with Crippen LogP contribution in [-0.4, -0.2) is 14.2 Å². The lowest BCUT2D eigenvalue weighted by Gasteiger charge is -2.10. The van der Waals surface area contributed by atoms with Gasteiger partial charge in [-0.15, -0.1) is 0 Å². The lowest BCUT2D eigenvalue weighted by molar-refractivity contribution is -0.137. The first-order valence-corrected chi connectivity index (χ1v) is 4.43. The quantitative estimate of drug-likeness (QED) is 0.744. The van der Waals surface area contributed by atoms with Gasteiger partial charge in [0.25, 0.3) is 0 Å². The van der Waals surface area contributed by atoms with Gasteiger partial charge in [0.1, 0.15) is 5.75 Å². The van der Waals surface area contributed by atoms with Crippen LogP contribution in [0.15, 0.2) is 24.5 Å². The molecule has 0 atom stereocenters. The number of alkyl halides is 3. The van der Waals surface area contributed by atoms with Crippen LogP contribution in [0.1, 0.15) is 11.1 Å². The van der Waals surface area contributed by atoms with E-state index in [1.54, 1.807) is 0 Å². The van der Waals surface area contributed by atoms with Crippen LogP contribution in [0, 0.1) is 0 Å². The summed E-state index contributed by atoms with van der Waals surface area (Å²) in [6.45, 7) is 0. The van der Waals surface area contributed by atoms with Crippen LogP contribution in [0.3, 0.4) is 0 Å². The van der Waals surface area contributed by atoms with Crippen molar-refractivity contribution in [3.63, 3.8) is 0 Å². The van der Waals surface area contributed by atoms with Crippen molar-refractivity contribution < 1.29 is 22.6 Å². The molecule has 0 unspecified atom stereocenters. The Morgan fingerprint density at radius 1 is 1.19 bits per heavy atom. The van der Waals surface area contributed by atoms with Crippen molar-refractivity contribution in [3.05, 3.63) is 35.6 Å². The Hall–Kier alpha value is -1.65. The summed E-state index contributed by atoms with van der Waals surface area (Å²) in [6, 6.07) is 3.28. The molecule has 5 heteroatoms. The van der Waals surface area contributed by atoms with Gasteiger partial charge in [0.15, 0.2) is 0 Å². The van der Waals surface area contributed by atoms with Gasteiger partial charge in [-0.25, -0.2) is 0 Å². The molecule has 0 saturated carbocycles. The monoisotopic (exact) mass is 232 g/mol. The van der Waals surface area contributed by atoms with Gasteiger partial charge in [-0.2, -0.15) is 13.2 Å². The van der Waals surface area contributed by atoms with E-state index in [-0.39, 0.29) is 5.75 Å². The third-order valence-corrected chi connectivity index (χ3v) is 1.94. The van der Waals surface area contributed by atoms with Gasteiger partial charge in [-0.3, -0.25) is 0 Å². The molecule has 0 aromatic heterocycles. The van der Waals surface area contributed by atoms with E-state index in [4.69, 9.17) is 4.74 Å². The molecule has 0 aliphatic carbocycles. The van der Waals surface area contributed by atoms with Crippen LogP contribution >= 0.6 is 0 Å². The number of methoxy groups -OCH3 is 2. The summed E-state index contributed by atoms with van der Waals surface area (Å²) in [5.41, 5.74) is -0.212. The maximum absolute atomic E-state index is 12.4. The van der Waals surface area contributed by atoms with E-state index in [1.807, 2.05) is 0 Å². The smallest absolute Gasteiger partial charge is 0.416 e. The highest BCUT2D eigenvalue weighted by atomic mass is 19.4. The van der Waals surface area contributed by atoms with Crippen LogP contribution in [0.25, 0.3) is 6.08 Å². The minimum Gasteiger partial charge on any atom is -0.504 e. The summed E-state index contributed by atoms with van der Waals surface area (Å²) in [5, 5.41) is 0. The zero-order valence-electron chi connectivity index (χ0n) is 8.84. The molecule has 1 aromatic rings. The van der Waals surface area contributed by atoms with Crippen LogP contribution in [0.4, 0.5) is 13.2 Å². The van der Waals surface area contributed by atoms with Crippen molar-refractivity contribution in [2.45, 2.75) is 6.18 Å². The molecule has 0 amide bonds. The minimum atomic E-state index is -4.36. The average molecular weight is 232 g/mol. The molecule has 1 rings (SSSR count). The molecule has 0 N–H and O–H groups in total. The molecule has 0 bridgehead atoms. The summed E-state index contributed by atoms with van der Waals surface area (Å²) >= 11 is 0. The number of rotatable bonds is 3. The van der Waals surface area contributed by atoms with E-state index in [1.165, 1.54) is 32.6 Å². The Labute approximate surface area is 91.3 Å². The molecule has 0 spiro atoms. The highest BCUT2D eigenvalue weighted by Crippen LogP contribution is 2.33. The Balaban J connectivity index is 3.12. The number of hydrogen-bond acceptors (Lipinski definition) is 2. The Bertz CT molecular complexity index is 383. The predicted molar refractivity (Wildman–Crippen MR) is 54.0 cm³/mol. The maximum Gasteiger partial charge on any atom is 0.416 e. The standard InChI is InChI=1S/C11H11F3O2/c1-15-6-5-8-3-4-9(11(12,13)14)7-10(8)16-2/h3-7H,1-2H3. The SMILES string of the molecule is COC=Cc1ccc(C(F)(F)F)cc1OC. The maximum atomic E-state index is 12.4. The lowest BCUT2D eigenvalue weighted by atomic mass is 10.1. The van der Waals surface area contributed by atoms with Crippen LogP contribution in [0.5, 0.6) is 5.75 Å². The van der Waals surface area contributed by atoms with E-state index < -0.39 is 11.7 Å². The topological polar surface area (TPSA) is 18.5 Å². The van der Waals surface area contributed by atoms with Gasteiger partial charge in [0.05, 0.1) is 26.0 Å². The van der Waals surface area contributed by atoms with Crippen molar-refractivity contribution in [2.75, 3.05) is 14.2 Å². The number of benzene rings is 1. The molecular weight excluding hydrogens is 221 g/mol. The molecule has 0 radical (unpaired) electrons. The first kappa shape index (κ1) is 12.4. The zero-order valence-corrected chi connectivity index (χ0v) is 8.84. The number of hydrogen-bond donors (Lipinski definition) is 0. The summed E-state index contributed by atoms with van der Waals surface area (Å²) < 4.78 is 46.7. The molecule has 0 aliphatic heterocycles. The number of ether oxygens (including phenoxy) is 2. The highest BCUT2D eigenvalue weighted by Gasteiger charge is 2.31. The van der Waals surface area contributed by atoms with Gasteiger partial charge in [0, 0.05) is 5.56 Å². The fraction of sp³-hybridized carbons (Fsp3) is 0.273. The van der Waals surface area contributed by atoms with E-state index in [2.05, 4.69) is 4.74 Å². The van der Waals surface area contributed by atoms with Gasteiger partial charge in [-0.1, -0.05) is 6.07 Å². The van der Waals surface area contributed by atoms with Gasteiger partial charge in [0.2, 0.25) is 0 Å². The Morgan fingerprint density at radius 2 is 1.88 bits per heavy atom. The van der Waals surface area contributed by atoms with Gasteiger partial charge in [-0.05, 0) is 18.2 Å². The van der Waals surface area contributed by atoms with Crippen molar-refractivity contribution in [1.29, 1.82) is 0 Å². The van der Waals surface area contributed by atoms with Crippen molar-refractivity contribution in [3.8, 4) is 5.75 Å². The molecule has 1 aromatic carbocycles. The molecule has 16 heavy (non-hydrogen) atoms. The third-order valence-electron chi connectivity index (χ3n) is 1.94. The van der Waals surface area contributed by atoms with Crippen LogP contribution in [0.2, 0.25) is 0 Å². The summed E-state index contributed by atoms with van der Waals surface area (Å²) in [5.74, 6) is 0.156. The fourth-order valence-electron chi connectivity index (χ4n) is 1.17. The average Bonchev–Trinajstić information content (AvgIpc) is 2.24. The number of halogens is 3. The van der Waals surface area contributed by atoms with Crippen molar-refractivity contribution >= 4 is 6.08 Å². The van der Waals surface area contributed by atoms with E-state index in [0.717, 1.165) is 12.1 Å². The molecular formula is C11H11F3O2.